The van der Waals surface area contributed by atoms with Gasteiger partial charge in [-0.1, -0.05) is 12.1 Å². The quantitative estimate of drug-likeness (QED) is 0.677. The molecule has 3 aromatic rings. The van der Waals surface area contributed by atoms with Gasteiger partial charge in [-0.3, -0.25) is 4.79 Å². The standard InChI is InChI=1S/C16H12FNO2S/c1-10(19)11-3-2-4-13(7-11)20-9-16-18-14-8-12(17)5-6-15(14)21-16/h2-8H,9H2,1H3. The fourth-order valence-corrected chi connectivity index (χ4v) is 2.82. The molecule has 21 heavy (non-hydrogen) atoms. The zero-order valence-corrected chi connectivity index (χ0v) is 12.1. The fraction of sp³-hybridized carbons (Fsp3) is 0.125. The van der Waals surface area contributed by atoms with Gasteiger partial charge >= 0.3 is 0 Å². The van der Waals surface area contributed by atoms with Crippen molar-refractivity contribution in [3.8, 4) is 5.75 Å². The Labute approximate surface area is 125 Å². The highest BCUT2D eigenvalue weighted by Gasteiger charge is 2.06. The minimum Gasteiger partial charge on any atom is -0.486 e. The van der Waals surface area contributed by atoms with Crippen molar-refractivity contribution < 1.29 is 13.9 Å². The van der Waals surface area contributed by atoms with Crippen molar-refractivity contribution >= 4 is 27.3 Å². The molecule has 1 aromatic heterocycles. The Kier molecular flexibility index (Phi) is 3.66. The van der Waals surface area contributed by atoms with E-state index < -0.39 is 0 Å². The van der Waals surface area contributed by atoms with E-state index in [0.717, 1.165) is 9.71 Å². The molecule has 0 fully saturated rings. The number of hydrogen-bond donors (Lipinski definition) is 0. The molecule has 0 bridgehead atoms. The van der Waals surface area contributed by atoms with Crippen molar-refractivity contribution in [3.05, 3.63) is 58.9 Å². The van der Waals surface area contributed by atoms with Crippen LogP contribution in [-0.4, -0.2) is 10.8 Å². The van der Waals surface area contributed by atoms with Gasteiger partial charge in [0.15, 0.2) is 5.78 Å². The van der Waals surface area contributed by atoms with Crippen molar-refractivity contribution in [2.45, 2.75) is 13.5 Å². The second-order valence-corrected chi connectivity index (χ2v) is 5.71. The molecule has 0 aliphatic rings. The monoisotopic (exact) mass is 301 g/mol. The molecule has 0 saturated heterocycles. The lowest BCUT2D eigenvalue weighted by atomic mass is 10.1. The topological polar surface area (TPSA) is 39.2 Å². The van der Waals surface area contributed by atoms with Crippen LogP contribution in [0.25, 0.3) is 10.2 Å². The maximum absolute atomic E-state index is 13.1. The summed E-state index contributed by atoms with van der Waals surface area (Å²) in [5, 5.41) is 0.767. The van der Waals surface area contributed by atoms with Gasteiger partial charge in [-0.15, -0.1) is 11.3 Å². The predicted molar refractivity (Wildman–Crippen MR) is 80.4 cm³/mol. The van der Waals surface area contributed by atoms with Crippen molar-refractivity contribution in [1.29, 1.82) is 0 Å². The average Bonchev–Trinajstić information content (AvgIpc) is 2.87. The molecule has 0 spiro atoms. The van der Waals surface area contributed by atoms with Crippen LogP contribution in [0, 0.1) is 5.82 Å². The Morgan fingerprint density at radius 1 is 1.29 bits per heavy atom. The zero-order chi connectivity index (χ0) is 14.8. The summed E-state index contributed by atoms with van der Waals surface area (Å²) in [6.07, 6.45) is 0. The Morgan fingerprint density at radius 2 is 2.14 bits per heavy atom. The molecule has 0 aliphatic heterocycles. The molecule has 0 radical (unpaired) electrons. The average molecular weight is 301 g/mol. The number of ketones is 1. The number of nitrogens with zero attached hydrogens (tertiary/aromatic N) is 1. The molecule has 106 valence electrons. The van der Waals surface area contributed by atoms with Crippen LogP contribution in [0.3, 0.4) is 0 Å². The first-order valence-electron chi connectivity index (χ1n) is 6.40. The Balaban J connectivity index is 1.77. The summed E-state index contributed by atoms with van der Waals surface area (Å²) in [4.78, 5) is 15.7. The number of carbonyl (C=O) groups is 1. The van der Waals surface area contributed by atoms with Crippen LogP contribution >= 0.6 is 11.3 Å². The highest BCUT2D eigenvalue weighted by Crippen LogP contribution is 2.24. The van der Waals surface area contributed by atoms with Gasteiger partial charge in [-0.2, -0.15) is 0 Å². The molecule has 0 atom stereocenters. The third-order valence-corrected chi connectivity index (χ3v) is 4.01. The lowest BCUT2D eigenvalue weighted by molar-refractivity contribution is 0.101. The lowest BCUT2D eigenvalue weighted by Gasteiger charge is -2.04. The van der Waals surface area contributed by atoms with Crippen LogP contribution in [0.4, 0.5) is 4.39 Å². The number of aromatic nitrogens is 1. The smallest absolute Gasteiger partial charge is 0.159 e. The summed E-state index contributed by atoms with van der Waals surface area (Å²) >= 11 is 1.47. The summed E-state index contributed by atoms with van der Waals surface area (Å²) in [7, 11) is 0. The molecule has 2 aromatic carbocycles. The Morgan fingerprint density at radius 3 is 2.95 bits per heavy atom. The first-order chi connectivity index (χ1) is 10.1. The highest BCUT2D eigenvalue weighted by atomic mass is 32.1. The van der Waals surface area contributed by atoms with E-state index in [2.05, 4.69) is 4.98 Å². The number of carbonyl (C=O) groups excluding carboxylic acids is 1. The molecule has 3 rings (SSSR count). The highest BCUT2D eigenvalue weighted by molar-refractivity contribution is 7.18. The van der Waals surface area contributed by atoms with Gasteiger partial charge < -0.3 is 4.74 Å². The number of fused-ring (bicyclic) bond motifs is 1. The molecule has 0 saturated carbocycles. The normalized spacial score (nSPS) is 10.8. The zero-order valence-electron chi connectivity index (χ0n) is 11.3. The van der Waals surface area contributed by atoms with Gasteiger partial charge in [0, 0.05) is 11.6 Å². The summed E-state index contributed by atoms with van der Waals surface area (Å²) in [6.45, 7) is 1.81. The molecule has 0 N–H and O–H groups in total. The van der Waals surface area contributed by atoms with Crippen LogP contribution in [-0.2, 0) is 6.61 Å². The molecule has 1 heterocycles. The third kappa shape index (κ3) is 3.08. The van der Waals surface area contributed by atoms with Crippen LogP contribution in [0.1, 0.15) is 22.3 Å². The SMILES string of the molecule is CC(=O)c1cccc(OCc2nc3cc(F)ccc3s2)c1. The van der Waals surface area contributed by atoms with Crippen molar-refractivity contribution in [1.82, 2.24) is 4.98 Å². The van der Waals surface area contributed by atoms with Crippen molar-refractivity contribution in [3.63, 3.8) is 0 Å². The molecule has 3 nitrogen and oxygen atoms in total. The second kappa shape index (κ2) is 5.61. The number of halogens is 1. The molecule has 0 aliphatic carbocycles. The van der Waals surface area contributed by atoms with E-state index in [-0.39, 0.29) is 11.6 Å². The van der Waals surface area contributed by atoms with Gasteiger partial charge in [0.25, 0.3) is 0 Å². The van der Waals surface area contributed by atoms with Gasteiger partial charge in [-0.25, -0.2) is 9.37 Å². The number of rotatable bonds is 4. The summed E-state index contributed by atoms with van der Waals surface area (Å²) < 4.78 is 19.7. The van der Waals surface area contributed by atoms with E-state index >= 15 is 0 Å². The van der Waals surface area contributed by atoms with Gasteiger partial charge in [-0.05, 0) is 31.2 Å². The van der Waals surface area contributed by atoms with E-state index in [4.69, 9.17) is 4.74 Å². The number of hydrogen-bond acceptors (Lipinski definition) is 4. The fourth-order valence-electron chi connectivity index (χ4n) is 1.96. The molecule has 0 unspecified atom stereocenters. The predicted octanol–water partition coefficient (Wildman–Crippen LogP) is 4.22. The second-order valence-electron chi connectivity index (χ2n) is 4.59. The third-order valence-electron chi connectivity index (χ3n) is 3.00. The van der Waals surface area contributed by atoms with E-state index in [1.807, 2.05) is 0 Å². The Bertz CT molecular complexity index is 813. The van der Waals surface area contributed by atoms with E-state index in [1.54, 1.807) is 30.3 Å². The summed E-state index contributed by atoms with van der Waals surface area (Å²) in [6, 6.07) is 11.6. The maximum Gasteiger partial charge on any atom is 0.159 e. The minimum atomic E-state index is -0.297. The summed E-state index contributed by atoms with van der Waals surface area (Å²) in [5.41, 5.74) is 1.25. The molecule has 5 heteroatoms. The summed E-state index contributed by atoms with van der Waals surface area (Å²) in [5.74, 6) is 0.318. The van der Waals surface area contributed by atoms with Gasteiger partial charge in [0.05, 0.1) is 10.2 Å². The lowest BCUT2D eigenvalue weighted by Crippen LogP contribution is -1.97. The van der Waals surface area contributed by atoms with E-state index in [0.29, 0.717) is 23.4 Å². The van der Waals surface area contributed by atoms with Gasteiger partial charge in [0.2, 0.25) is 0 Å². The number of thiazole rings is 1. The van der Waals surface area contributed by atoms with Crippen LogP contribution in [0.2, 0.25) is 0 Å². The van der Waals surface area contributed by atoms with E-state index in [9.17, 15) is 9.18 Å². The largest absolute Gasteiger partial charge is 0.486 e. The molecular weight excluding hydrogens is 289 g/mol. The minimum absolute atomic E-state index is 0.00378. The number of Topliss-reactive ketones (excluding diaryl/α,β-unsaturated/α-hetero) is 1. The van der Waals surface area contributed by atoms with Crippen molar-refractivity contribution in [2.24, 2.45) is 0 Å². The molecule has 0 amide bonds. The van der Waals surface area contributed by atoms with Crippen LogP contribution in [0.15, 0.2) is 42.5 Å². The first-order valence-corrected chi connectivity index (χ1v) is 7.22. The Hall–Kier alpha value is -2.27. The first kappa shape index (κ1) is 13.7. The van der Waals surface area contributed by atoms with E-state index in [1.165, 1.54) is 30.4 Å². The maximum atomic E-state index is 13.1. The molecular formula is C16H12FNO2S. The van der Waals surface area contributed by atoms with Crippen molar-refractivity contribution in [2.75, 3.05) is 0 Å². The number of ether oxygens (including phenoxy) is 1. The number of benzene rings is 2. The van der Waals surface area contributed by atoms with Crippen LogP contribution < -0.4 is 4.74 Å². The van der Waals surface area contributed by atoms with Gasteiger partial charge in [0.1, 0.15) is 23.2 Å². The van der Waals surface area contributed by atoms with Crippen LogP contribution in [0.5, 0.6) is 5.75 Å².